The molecule has 0 bridgehead atoms. The normalized spacial score (nSPS) is 18.3. The summed E-state index contributed by atoms with van der Waals surface area (Å²) in [5, 5.41) is 63.8. The zero-order valence-electron chi connectivity index (χ0n) is 56.1. The number of nitrogens with zero attached hydrogens (tertiary/aromatic N) is 1. The number of aliphatic hydroxyl groups is 6. The molecular formula is C84H96Au3Cu2NO6P2. The molecule has 0 saturated heterocycles. The Hall–Kier alpha value is -3.64. The van der Waals surface area contributed by atoms with Crippen molar-refractivity contribution in [1.82, 2.24) is 0 Å². The zero-order chi connectivity index (χ0) is 66.8. The quantitative estimate of drug-likeness (QED) is 0.0408. The minimum absolute atomic E-state index is 0. The minimum atomic E-state index is -2.50. The molecule has 6 N–H and O–H groups in total. The van der Waals surface area contributed by atoms with Crippen LogP contribution in [0.3, 0.4) is 0 Å². The van der Waals surface area contributed by atoms with Gasteiger partial charge in [0.15, 0.2) is 0 Å². The van der Waals surface area contributed by atoms with Gasteiger partial charge in [-0.1, -0.05) is 184 Å². The van der Waals surface area contributed by atoms with Gasteiger partial charge >= 0.3 is 101 Å². The van der Waals surface area contributed by atoms with E-state index in [1.807, 2.05) is 0 Å². The van der Waals surface area contributed by atoms with E-state index in [0.717, 1.165) is 154 Å². The van der Waals surface area contributed by atoms with Gasteiger partial charge in [-0.2, -0.15) is 0 Å². The van der Waals surface area contributed by atoms with Crippen LogP contribution in [0.25, 0.3) is 0 Å². The molecular weight excluding hydrogens is 1900 g/mol. The first-order valence-electron chi connectivity index (χ1n) is 33.8. The summed E-state index contributed by atoms with van der Waals surface area (Å²) in [7, 11) is -4.99. The van der Waals surface area contributed by atoms with E-state index in [2.05, 4.69) is 218 Å². The SMILES string of the molecule is [Au+].[Au+].[Au+].[C-]#CC1(O)CCCCC1.[C-]#CC1(O)CCCCC1.[C-]#CC1(O)CCCCC1.[C-]#CC1(O)CCCCC1.[C-]#CC1(O)CCCCC1.[C-]#CC1(O)CCCCC1.[Cu+].[Cu+].c1ccc(P(=N[P+](c2ccccc2)(c2ccccc2)c2ccccc2)(c2ccccc2)c2ccccc2)cc1. The molecule has 7 nitrogen and oxygen atoms in total. The van der Waals surface area contributed by atoms with Crippen LogP contribution in [0.15, 0.2) is 187 Å². The summed E-state index contributed by atoms with van der Waals surface area (Å²) < 4.78 is 6.38. The van der Waals surface area contributed by atoms with Crippen molar-refractivity contribution in [3.8, 4) is 35.5 Å². The second kappa shape index (κ2) is 47.6. The van der Waals surface area contributed by atoms with Crippen molar-refractivity contribution in [3.63, 3.8) is 0 Å². The maximum absolute atomic E-state index is 9.38. The van der Waals surface area contributed by atoms with Gasteiger partial charge in [-0.25, -0.2) is 0 Å². The van der Waals surface area contributed by atoms with E-state index >= 15 is 0 Å². The van der Waals surface area contributed by atoms with Crippen LogP contribution in [0.4, 0.5) is 0 Å². The number of rotatable bonds is 7. The van der Waals surface area contributed by atoms with E-state index in [1.165, 1.54) is 70.4 Å². The summed E-state index contributed by atoms with van der Waals surface area (Å²) in [6.07, 6.45) is 69.3. The van der Waals surface area contributed by atoms with Crippen molar-refractivity contribution in [1.29, 1.82) is 0 Å². The zero-order valence-corrected chi connectivity index (χ0v) is 66.2. The van der Waals surface area contributed by atoms with Gasteiger partial charge < -0.3 is 105 Å². The average Bonchev–Trinajstić information content (AvgIpc) is 0.720. The average molecular weight is 2000 g/mol. The van der Waals surface area contributed by atoms with E-state index in [1.54, 1.807) is 0 Å². The van der Waals surface area contributed by atoms with Crippen molar-refractivity contribution < 1.29 is 132 Å². The third kappa shape index (κ3) is 28.5. The molecule has 538 valence electrons. The second-order valence-electron chi connectivity index (χ2n) is 25.7. The summed E-state index contributed by atoms with van der Waals surface area (Å²) >= 11 is 0. The van der Waals surface area contributed by atoms with E-state index in [0.29, 0.717) is 0 Å². The van der Waals surface area contributed by atoms with Crippen LogP contribution in [0, 0.1) is 74.1 Å². The molecule has 0 atom stereocenters. The monoisotopic (exact) mass is 1990 g/mol. The van der Waals surface area contributed by atoms with Gasteiger partial charge in [0.05, 0.1) is 33.6 Å². The van der Waals surface area contributed by atoms with Gasteiger partial charge in [0.2, 0.25) is 7.41 Å². The summed E-state index contributed by atoms with van der Waals surface area (Å²) in [6, 6.07) is 65.7. The predicted molar refractivity (Wildman–Crippen MR) is 384 cm³/mol. The van der Waals surface area contributed by atoms with E-state index in [9.17, 15) is 30.6 Å². The molecule has 98 heavy (non-hydrogen) atoms. The van der Waals surface area contributed by atoms with Crippen LogP contribution in [0.5, 0.6) is 0 Å². The summed E-state index contributed by atoms with van der Waals surface area (Å²) in [6.45, 7) is 0. The fourth-order valence-electron chi connectivity index (χ4n) is 12.8. The van der Waals surface area contributed by atoms with E-state index in [-0.39, 0.29) is 101 Å². The molecule has 0 heterocycles. The van der Waals surface area contributed by atoms with E-state index < -0.39 is 48.1 Å². The first-order chi connectivity index (χ1) is 44.9. The maximum Gasteiger partial charge on any atom is 1.00 e. The molecule has 0 spiro atoms. The van der Waals surface area contributed by atoms with Crippen LogP contribution in [-0.4, -0.2) is 64.2 Å². The third-order valence-corrected chi connectivity index (χ3v) is 26.9. The Morgan fingerprint density at radius 3 is 0.531 bits per heavy atom. The molecule has 0 unspecified atom stereocenters. The van der Waals surface area contributed by atoms with Gasteiger partial charge in [0, 0.05) is 15.9 Å². The Bertz CT molecular complexity index is 2990. The van der Waals surface area contributed by atoms with Gasteiger partial charge in [0.1, 0.15) is 23.0 Å². The Morgan fingerprint density at radius 2 is 0.398 bits per heavy atom. The summed E-state index contributed by atoms with van der Waals surface area (Å²) in [5.41, 5.74) is -5.18. The van der Waals surface area contributed by atoms with Crippen LogP contribution in [0.1, 0.15) is 193 Å². The Balaban J connectivity index is 0.000000663. The number of benzene rings is 6. The predicted octanol–water partition coefficient (Wildman–Crippen LogP) is 14.7. The Labute approximate surface area is 658 Å². The van der Waals surface area contributed by atoms with Crippen LogP contribution >= 0.6 is 14.5 Å². The van der Waals surface area contributed by atoms with Gasteiger partial charge in [-0.15, -0.1) is 4.52 Å². The molecule has 0 radical (unpaired) electrons. The summed E-state index contributed by atoms with van der Waals surface area (Å²) in [4.78, 5) is 0. The van der Waals surface area contributed by atoms with Crippen LogP contribution in [0.2, 0.25) is 0 Å². The Morgan fingerprint density at radius 1 is 0.255 bits per heavy atom. The summed E-state index contributed by atoms with van der Waals surface area (Å²) in [5.74, 6) is 13.1. The van der Waals surface area contributed by atoms with Crippen LogP contribution in [-0.2, 0) is 101 Å². The van der Waals surface area contributed by atoms with Gasteiger partial charge in [-0.3, -0.25) is 0 Å². The third-order valence-electron chi connectivity index (χ3n) is 18.5. The van der Waals surface area contributed by atoms with Crippen molar-refractivity contribution in [3.05, 3.63) is 221 Å². The topological polar surface area (TPSA) is 134 Å². The van der Waals surface area contributed by atoms with Crippen molar-refractivity contribution in [2.75, 3.05) is 0 Å². The molecule has 6 aromatic rings. The Kier molecular flexibility index (Phi) is 44.9. The van der Waals surface area contributed by atoms with Gasteiger partial charge in [0.25, 0.3) is 0 Å². The van der Waals surface area contributed by atoms with Gasteiger partial charge in [-0.05, 0) is 190 Å². The number of hydrogen-bond acceptors (Lipinski definition) is 7. The molecule has 6 fully saturated rings. The standard InChI is InChI=1S/C36H30NP2.6C8H11O.3Au.2Cu/c1-7-19-31(20-8-1)38(32-21-9-2-10-22-32,33-23-11-3-12-24-33)37-39(34-25-13-4-14-26-34,35-27-15-5-16-28-35)36-29-17-6-18-30-36;6*1-2-8(9)6-4-3-5-7-8;;;;;/h1-30H;6*9H,3-7H2;;;;;/q+1;6*-1;5*+1. The second-order valence-corrected chi connectivity index (χ2v) is 32.0. The van der Waals surface area contributed by atoms with Crippen molar-refractivity contribution >= 4 is 46.3 Å². The number of hydrogen-bond donors (Lipinski definition) is 6. The van der Waals surface area contributed by atoms with E-state index in [4.69, 9.17) is 43.1 Å². The molecule has 12 rings (SSSR count). The molecule has 0 aliphatic heterocycles. The molecule has 6 aromatic carbocycles. The van der Waals surface area contributed by atoms with Crippen LogP contribution < -0.4 is 31.8 Å². The molecule has 6 aliphatic rings. The largest absolute Gasteiger partial charge is 1.00 e. The molecule has 0 aromatic heterocycles. The minimum Gasteiger partial charge on any atom is -0.691 e. The fraction of sp³-hybridized carbons (Fsp3) is 0.429. The first-order valence-corrected chi connectivity index (χ1v) is 37.3. The molecule has 0 amide bonds. The maximum atomic E-state index is 9.38. The fourth-order valence-corrected chi connectivity index (χ4v) is 22.3. The molecule has 14 heteroatoms. The van der Waals surface area contributed by atoms with Crippen molar-refractivity contribution in [2.24, 2.45) is 4.52 Å². The molecule has 6 saturated carbocycles. The van der Waals surface area contributed by atoms with Crippen molar-refractivity contribution in [2.45, 2.75) is 226 Å². The smallest absolute Gasteiger partial charge is 0.691 e. The molecule has 6 aliphatic carbocycles. The first kappa shape index (κ1) is 92.4.